The molecule has 0 fully saturated rings. The molecule has 124 valence electrons. The van der Waals surface area contributed by atoms with Crippen molar-refractivity contribution in [1.29, 1.82) is 0 Å². The Bertz CT molecular complexity index is 579. The van der Waals surface area contributed by atoms with Gasteiger partial charge in [0.25, 0.3) is 0 Å². The predicted octanol–water partition coefficient (Wildman–Crippen LogP) is 5.85. The molecule has 0 atom stereocenters. The van der Waals surface area contributed by atoms with Crippen LogP contribution >= 0.6 is 23.2 Å². The molecule has 23 heavy (non-hydrogen) atoms. The van der Waals surface area contributed by atoms with Crippen LogP contribution < -0.4 is 10.1 Å². The smallest absolute Gasteiger partial charge is 0.119 e. The number of hydrogen-bond donors (Lipinski definition) is 1. The first-order valence-corrected chi connectivity index (χ1v) is 8.81. The van der Waals surface area contributed by atoms with Gasteiger partial charge in [-0.2, -0.15) is 0 Å². The Morgan fingerprint density at radius 3 is 2.30 bits per heavy atom. The fourth-order valence-electron chi connectivity index (χ4n) is 2.26. The minimum absolute atomic E-state index is 0.368. The molecule has 0 bridgehead atoms. The molecule has 0 unspecified atom stereocenters. The van der Waals surface area contributed by atoms with Gasteiger partial charge >= 0.3 is 0 Å². The van der Waals surface area contributed by atoms with Crippen molar-refractivity contribution in [3.63, 3.8) is 0 Å². The summed E-state index contributed by atoms with van der Waals surface area (Å²) in [4.78, 5) is 0. The third-order valence-corrected chi connectivity index (χ3v) is 4.36. The van der Waals surface area contributed by atoms with Crippen LogP contribution in [0.1, 0.15) is 37.3 Å². The molecule has 2 aromatic rings. The fraction of sp³-hybridized carbons (Fsp3) is 0.368. The summed E-state index contributed by atoms with van der Waals surface area (Å²) in [5, 5.41) is 4.71. The average molecular weight is 352 g/mol. The SMILES string of the molecule is CCCCCNCc1ccc(OCc2c(Cl)cccc2Cl)cc1. The first-order valence-electron chi connectivity index (χ1n) is 8.06. The van der Waals surface area contributed by atoms with E-state index in [1.54, 1.807) is 0 Å². The van der Waals surface area contributed by atoms with Gasteiger partial charge in [-0.05, 0) is 42.8 Å². The minimum Gasteiger partial charge on any atom is -0.489 e. The second kappa shape index (κ2) is 9.82. The van der Waals surface area contributed by atoms with E-state index in [1.807, 2.05) is 30.3 Å². The Morgan fingerprint density at radius 1 is 0.957 bits per heavy atom. The number of rotatable bonds is 9. The van der Waals surface area contributed by atoms with Crippen LogP contribution in [0.25, 0.3) is 0 Å². The van der Waals surface area contributed by atoms with E-state index in [1.165, 1.54) is 24.8 Å². The first kappa shape index (κ1) is 18.1. The summed E-state index contributed by atoms with van der Waals surface area (Å²) < 4.78 is 5.78. The number of unbranched alkanes of at least 4 members (excludes halogenated alkanes) is 2. The van der Waals surface area contributed by atoms with Crippen LogP contribution in [0.15, 0.2) is 42.5 Å². The van der Waals surface area contributed by atoms with Crippen LogP contribution in [0.5, 0.6) is 5.75 Å². The van der Waals surface area contributed by atoms with Gasteiger partial charge in [0.2, 0.25) is 0 Å². The highest BCUT2D eigenvalue weighted by Crippen LogP contribution is 2.25. The lowest BCUT2D eigenvalue weighted by atomic mass is 10.2. The molecule has 0 amide bonds. The molecule has 2 aromatic carbocycles. The molecule has 2 nitrogen and oxygen atoms in total. The summed E-state index contributed by atoms with van der Waals surface area (Å²) in [6.45, 7) is 4.54. The van der Waals surface area contributed by atoms with E-state index in [0.29, 0.717) is 16.7 Å². The van der Waals surface area contributed by atoms with Crippen molar-refractivity contribution in [2.45, 2.75) is 39.3 Å². The highest BCUT2D eigenvalue weighted by Gasteiger charge is 2.06. The van der Waals surface area contributed by atoms with Crippen molar-refractivity contribution in [2.75, 3.05) is 6.54 Å². The number of benzene rings is 2. The number of nitrogens with one attached hydrogen (secondary N) is 1. The van der Waals surface area contributed by atoms with E-state index in [0.717, 1.165) is 24.4 Å². The van der Waals surface area contributed by atoms with Gasteiger partial charge in [-0.3, -0.25) is 0 Å². The molecular formula is C19H23Cl2NO. The number of hydrogen-bond acceptors (Lipinski definition) is 2. The van der Waals surface area contributed by atoms with Gasteiger partial charge in [0, 0.05) is 22.2 Å². The summed E-state index contributed by atoms with van der Waals surface area (Å²) in [5.41, 5.74) is 2.07. The van der Waals surface area contributed by atoms with Crippen LogP contribution in [0.4, 0.5) is 0 Å². The molecule has 0 saturated heterocycles. The Kier molecular flexibility index (Phi) is 7.73. The van der Waals surface area contributed by atoms with Crippen molar-refractivity contribution < 1.29 is 4.74 Å². The zero-order valence-corrected chi connectivity index (χ0v) is 15.0. The second-order valence-corrected chi connectivity index (χ2v) is 6.33. The Morgan fingerprint density at radius 2 is 1.65 bits per heavy atom. The van der Waals surface area contributed by atoms with E-state index < -0.39 is 0 Å². The van der Waals surface area contributed by atoms with Gasteiger partial charge in [-0.15, -0.1) is 0 Å². The van der Waals surface area contributed by atoms with E-state index in [2.05, 4.69) is 24.4 Å². The third kappa shape index (κ3) is 6.06. The van der Waals surface area contributed by atoms with Crippen LogP contribution in [0.2, 0.25) is 10.0 Å². The van der Waals surface area contributed by atoms with Gasteiger partial charge in [0.05, 0.1) is 0 Å². The lowest BCUT2D eigenvalue weighted by molar-refractivity contribution is 0.306. The predicted molar refractivity (Wildman–Crippen MR) is 98.5 cm³/mol. The molecular weight excluding hydrogens is 329 g/mol. The van der Waals surface area contributed by atoms with Crippen LogP contribution in [0, 0.1) is 0 Å². The summed E-state index contributed by atoms with van der Waals surface area (Å²) in [7, 11) is 0. The summed E-state index contributed by atoms with van der Waals surface area (Å²) in [5.74, 6) is 0.815. The normalized spacial score (nSPS) is 10.7. The molecule has 0 aliphatic heterocycles. The maximum absolute atomic E-state index is 6.14. The van der Waals surface area contributed by atoms with Crippen molar-refractivity contribution in [2.24, 2.45) is 0 Å². The summed E-state index contributed by atoms with van der Waals surface area (Å²) >= 11 is 12.3. The van der Waals surface area contributed by atoms with Crippen LogP contribution in [-0.4, -0.2) is 6.54 Å². The quantitative estimate of drug-likeness (QED) is 0.572. The highest BCUT2D eigenvalue weighted by atomic mass is 35.5. The number of ether oxygens (including phenoxy) is 1. The van der Waals surface area contributed by atoms with Crippen molar-refractivity contribution in [3.05, 3.63) is 63.6 Å². The third-order valence-electron chi connectivity index (χ3n) is 3.65. The lowest BCUT2D eigenvalue weighted by Gasteiger charge is -2.10. The highest BCUT2D eigenvalue weighted by molar-refractivity contribution is 6.35. The molecule has 0 aromatic heterocycles. The molecule has 0 heterocycles. The largest absolute Gasteiger partial charge is 0.489 e. The molecule has 2 rings (SSSR count). The monoisotopic (exact) mass is 351 g/mol. The number of halogens is 2. The standard InChI is InChI=1S/C19H23Cl2NO/c1-2-3-4-12-22-13-15-8-10-16(11-9-15)23-14-17-18(20)6-5-7-19(17)21/h5-11,22H,2-4,12-14H2,1H3. The van der Waals surface area contributed by atoms with Crippen LogP contribution in [0.3, 0.4) is 0 Å². The van der Waals surface area contributed by atoms with Crippen LogP contribution in [-0.2, 0) is 13.2 Å². The first-order chi connectivity index (χ1) is 11.2. The second-order valence-electron chi connectivity index (χ2n) is 5.52. The lowest BCUT2D eigenvalue weighted by Crippen LogP contribution is -2.14. The van der Waals surface area contributed by atoms with E-state index in [-0.39, 0.29) is 0 Å². The minimum atomic E-state index is 0.368. The van der Waals surface area contributed by atoms with Crippen molar-refractivity contribution in [1.82, 2.24) is 5.32 Å². The molecule has 1 N–H and O–H groups in total. The Hall–Kier alpha value is -1.22. The maximum atomic E-state index is 6.14. The zero-order valence-electron chi connectivity index (χ0n) is 13.4. The summed E-state index contributed by atoms with van der Waals surface area (Å²) in [6, 6.07) is 13.6. The molecule has 4 heteroatoms. The van der Waals surface area contributed by atoms with Gasteiger partial charge in [0.15, 0.2) is 0 Å². The molecule has 0 spiro atoms. The van der Waals surface area contributed by atoms with Crippen molar-refractivity contribution >= 4 is 23.2 Å². The Balaban J connectivity index is 1.81. The average Bonchev–Trinajstić information content (AvgIpc) is 2.55. The Labute approximate surface area is 148 Å². The van der Waals surface area contributed by atoms with Gasteiger partial charge in [-0.1, -0.05) is 61.2 Å². The molecule has 0 radical (unpaired) electrons. The van der Waals surface area contributed by atoms with E-state index >= 15 is 0 Å². The van der Waals surface area contributed by atoms with Gasteiger partial charge in [-0.25, -0.2) is 0 Å². The molecule has 0 aliphatic rings. The molecule has 0 aliphatic carbocycles. The topological polar surface area (TPSA) is 21.3 Å². The van der Waals surface area contributed by atoms with Gasteiger partial charge in [0.1, 0.15) is 12.4 Å². The molecule has 0 saturated carbocycles. The maximum Gasteiger partial charge on any atom is 0.119 e. The van der Waals surface area contributed by atoms with Gasteiger partial charge < -0.3 is 10.1 Å². The zero-order chi connectivity index (χ0) is 16.5. The van der Waals surface area contributed by atoms with Crippen molar-refractivity contribution in [3.8, 4) is 5.75 Å². The fourth-order valence-corrected chi connectivity index (χ4v) is 2.77. The summed E-state index contributed by atoms with van der Waals surface area (Å²) in [6.07, 6.45) is 3.77. The van der Waals surface area contributed by atoms with E-state index in [9.17, 15) is 0 Å². The van der Waals surface area contributed by atoms with E-state index in [4.69, 9.17) is 27.9 Å².